The van der Waals surface area contributed by atoms with E-state index in [1.54, 1.807) is 0 Å². The van der Waals surface area contributed by atoms with Crippen molar-refractivity contribution in [2.75, 3.05) is 0 Å². The maximum absolute atomic E-state index is 9.80. The van der Waals surface area contributed by atoms with E-state index in [0.29, 0.717) is 0 Å². The molecule has 0 heterocycles. The fourth-order valence-corrected chi connectivity index (χ4v) is 0.378. The molecule has 0 aliphatic heterocycles. The van der Waals surface area contributed by atoms with E-state index in [9.17, 15) is 14.7 Å². The van der Waals surface area contributed by atoms with Crippen LogP contribution in [0.25, 0.3) is 0 Å². The average molecular weight is 170 g/mol. The van der Waals surface area contributed by atoms with Crippen LogP contribution in [-0.4, -0.2) is 28.3 Å². The van der Waals surface area contributed by atoms with Crippen molar-refractivity contribution in [3.8, 4) is 0 Å². The smallest absolute Gasteiger partial charge is 0.547 e. The quantitative estimate of drug-likeness (QED) is 0.411. The first-order valence-electron chi connectivity index (χ1n) is 2.64. The first-order chi connectivity index (χ1) is 4.54. The van der Waals surface area contributed by atoms with E-state index in [-0.39, 0.29) is 42.4 Å². The summed E-state index contributed by atoms with van der Waals surface area (Å²) >= 11 is 0. The minimum absolute atomic E-state index is 0. The summed E-state index contributed by atoms with van der Waals surface area (Å²) < 4.78 is 0. The van der Waals surface area contributed by atoms with Crippen LogP contribution >= 0.6 is 0 Å². The fraction of sp³-hybridized carbons (Fsp3) is 0.600. The Hall–Kier alpha value is -0.100. The first-order valence-corrected chi connectivity index (χ1v) is 2.64. The molecule has 0 aromatic rings. The van der Waals surface area contributed by atoms with E-state index in [0.717, 1.165) is 0 Å². The van der Waals surface area contributed by atoms with Gasteiger partial charge in [-0.15, -0.1) is 0 Å². The molecular formula is C5H7NaO5. The second kappa shape index (κ2) is 6.60. The molecule has 0 rings (SSSR count). The van der Waals surface area contributed by atoms with Crippen LogP contribution < -0.4 is 34.7 Å². The van der Waals surface area contributed by atoms with Crippen LogP contribution in [0.5, 0.6) is 0 Å². The Morgan fingerprint density at radius 2 is 1.91 bits per heavy atom. The Morgan fingerprint density at radius 1 is 1.45 bits per heavy atom. The second-order valence-corrected chi connectivity index (χ2v) is 1.77. The molecule has 1 unspecified atom stereocenters. The van der Waals surface area contributed by atoms with Gasteiger partial charge in [-0.1, -0.05) is 0 Å². The molecule has 5 nitrogen and oxygen atoms in total. The molecule has 0 aliphatic rings. The third-order valence-electron chi connectivity index (χ3n) is 0.904. The average Bonchev–Trinajstić information content (AvgIpc) is 1.82. The van der Waals surface area contributed by atoms with Crippen molar-refractivity contribution in [3.05, 3.63) is 0 Å². The standard InChI is InChI=1S/C5H8O5.Na/c6-3(5(9)10)1-2-4(7)8;/h3,6H,1-2H2,(H,7,8)(H,9,10);/q;+1/p-1. The van der Waals surface area contributed by atoms with Gasteiger partial charge >= 0.3 is 35.5 Å². The van der Waals surface area contributed by atoms with Crippen molar-refractivity contribution in [1.29, 1.82) is 0 Å². The topological polar surface area (TPSA) is 97.7 Å². The number of carboxylic acid groups (broad SMARTS) is 2. The van der Waals surface area contributed by atoms with Crippen molar-refractivity contribution < 1.29 is 54.5 Å². The summed E-state index contributed by atoms with van der Waals surface area (Å²) in [4.78, 5) is 19.6. The van der Waals surface area contributed by atoms with Crippen LogP contribution in [0.2, 0.25) is 0 Å². The number of rotatable bonds is 4. The number of carbonyl (C=O) groups is 2. The van der Waals surface area contributed by atoms with Crippen molar-refractivity contribution in [2.24, 2.45) is 0 Å². The number of hydrogen-bond acceptors (Lipinski definition) is 4. The van der Waals surface area contributed by atoms with Gasteiger partial charge in [-0.05, 0) is 6.42 Å². The zero-order valence-electron chi connectivity index (χ0n) is 6.11. The number of carbonyl (C=O) groups excluding carboxylic acids is 1. The molecule has 6 heteroatoms. The van der Waals surface area contributed by atoms with Crippen molar-refractivity contribution >= 4 is 11.9 Å². The number of carboxylic acids is 2. The van der Waals surface area contributed by atoms with Gasteiger partial charge in [0.25, 0.3) is 0 Å². The van der Waals surface area contributed by atoms with Crippen LogP contribution in [0.3, 0.4) is 0 Å². The monoisotopic (exact) mass is 170 g/mol. The normalized spacial score (nSPS) is 11.4. The summed E-state index contributed by atoms with van der Waals surface area (Å²) in [5.41, 5.74) is 0. The van der Waals surface area contributed by atoms with Gasteiger partial charge in [0.1, 0.15) is 0 Å². The maximum Gasteiger partial charge on any atom is 1.00 e. The number of aliphatic carboxylic acids is 2. The van der Waals surface area contributed by atoms with Gasteiger partial charge in [0.15, 0.2) is 0 Å². The third kappa shape index (κ3) is 7.80. The van der Waals surface area contributed by atoms with Crippen LogP contribution in [0.15, 0.2) is 0 Å². The summed E-state index contributed by atoms with van der Waals surface area (Å²) in [6.45, 7) is 0. The van der Waals surface area contributed by atoms with Crippen molar-refractivity contribution in [2.45, 2.75) is 18.9 Å². The molecule has 0 spiro atoms. The van der Waals surface area contributed by atoms with E-state index in [1.165, 1.54) is 0 Å². The molecule has 0 aliphatic carbocycles. The predicted molar refractivity (Wildman–Crippen MR) is 27.9 cm³/mol. The van der Waals surface area contributed by atoms with Gasteiger partial charge in [0.2, 0.25) is 0 Å². The van der Waals surface area contributed by atoms with Gasteiger partial charge in [-0.3, -0.25) is 4.79 Å². The van der Waals surface area contributed by atoms with Gasteiger partial charge in [-0.2, -0.15) is 0 Å². The van der Waals surface area contributed by atoms with E-state index in [1.807, 2.05) is 0 Å². The molecule has 58 valence electrons. The van der Waals surface area contributed by atoms with Crippen molar-refractivity contribution in [1.82, 2.24) is 0 Å². The van der Waals surface area contributed by atoms with Gasteiger partial charge in [-0.25, -0.2) is 0 Å². The van der Waals surface area contributed by atoms with Crippen LogP contribution in [0.4, 0.5) is 0 Å². The predicted octanol–water partition coefficient (Wildman–Crippen LogP) is -5.03. The summed E-state index contributed by atoms with van der Waals surface area (Å²) in [5, 5.41) is 26.2. The van der Waals surface area contributed by atoms with E-state index < -0.39 is 18.0 Å². The molecule has 0 fully saturated rings. The van der Waals surface area contributed by atoms with Gasteiger partial charge in [0.05, 0.1) is 12.1 Å². The zero-order chi connectivity index (χ0) is 8.15. The van der Waals surface area contributed by atoms with Gasteiger partial charge < -0.3 is 20.1 Å². The minimum atomic E-state index is -1.67. The largest absolute Gasteiger partial charge is 1.00 e. The fourth-order valence-electron chi connectivity index (χ4n) is 0.378. The summed E-state index contributed by atoms with van der Waals surface area (Å²) in [7, 11) is 0. The van der Waals surface area contributed by atoms with Gasteiger partial charge in [0, 0.05) is 6.42 Å². The molecule has 2 N–H and O–H groups in total. The van der Waals surface area contributed by atoms with Crippen molar-refractivity contribution in [3.63, 3.8) is 0 Å². The molecule has 11 heavy (non-hydrogen) atoms. The molecule has 0 saturated heterocycles. The van der Waals surface area contributed by atoms with E-state index in [2.05, 4.69) is 0 Å². The SMILES string of the molecule is O=C(O)CCC(O)C(=O)[O-].[Na+]. The summed E-state index contributed by atoms with van der Waals surface area (Å²) in [6, 6.07) is 0. The Bertz CT molecular complexity index is 146. The molecule has 0 aromatic carbocycles. The molecule has 0 bridgehead atoms. The second-order valence-electron chi connectivity index (χ2n) is 1.77. The number of aliphatic hydroxyl groups is 1. The zero-order valence-corrected chi connectivity index (χ0v) is 8.11. The Kier molecular flexibility index (Phi) is 8.09. The Morgan fingerprint density at radius 3 is 2.18 bits per heavy atom. The Balaban J connectivity index is 0. The molecule has 0 saturated carbocycles. The van der Waals surface area contributed by atoms with Crippen LogP contribution in [0.1, 0.15) is 12.8 Å². The van der Waals surface area contributed by atoms with E-state index >= 15 is 0 Å². The molecule has 0 amide bonds. The van der Waals surface area contributed by atoms with Crippen LogP contribution in [0, 0.1) is 0 Å². The molecular weight excluding hydrogens is 163 g/mol. The first kappa shape index (κ1) is 13.5. The van der Waals surface area contributed by atoms with E-state index in [4.69, 9.17) is 10.2 Å². The summed E-state index contributed by atoms with van der Waals surface area (Å²) in [5.74, 6) is -2.78. The van der Waals surface area contributed by atoms with Crippen LogP contribution in [-0.2, 0) is 9.59 Å². The molecule has 0 radical (unpaired) electrons. The number of hydrogen-bond donors (Lipinski definition) is 2. The molecule has 1 atom stereocenters. The summed E-state index contributed by atoms with van der Waals surface area (Å²) in [6.07, 6.45) is -2.34. The number of aliphatic hydroxyl groups excluding tert-OH is 1. The maximum atomic E-state index is 9.80. The minimum Gasteiger partial charge on any atom is -0.547 e. The third-order valence-corrected chi connectivity index (χ3v) is 0.904. The Labute approximate surface area is 85.3 Å². The molecule has 0 aromatic heterocycles.